The number of hydrogen-bond donors (Lipinski definition) is 1. The van der Waals surface area contributed by atoms with Crippen LogP contribution in [-0.4, -0.2) is 16.0 Å². The predicted molar refractivity (Wildman–Crippen MR) is 77.2 cm³/mol. The van der Waals surface area contributed by atoms with Crippen molar-refractivity contribution in [1.29, 1.82) is 0 Å². The molecule has 3 rings (SSSR count). The van der Waals surface area contributed by atoms with Gasteiger partial charge in [-0.1, -0.05) is 17.8 Å². The highest BCUT2D eigenvalue weighted by atomic mass is 32.2. The fourth-order valence-corrected chi connectivity index (χ4v) is 2.77. The van der Waals surface area contributed by atoms with Gasteiger partial charge in [0.2, 0.25) is 0 Å². The van der Waals surface area contributed by atoms with Gasteiger partial charge in [-0.25, -0.2) is 9.97 Å². The molecule has 0 saturated heterocycles. The fourth-order valence-electron chi connectivity index (χ4n) is 1.93. The molecule has 1 aliphatic carbocycles. The van der Waals surface area contributed by atoms with Crippen molar-refractivity contribution in [3.8, 4) is 0 Å². The minimum Gasteiger partial charge on any atom is -0.310 e. The highest BCUT2D eigenvalue weighted by Crippen LogP contribution is 2.27. The maximum absolute atomic E-state index is 4.23. The molecule has 0 spiro atoms. The largest absolute Gasteiger partial charge is 0.310 e. The molecule has 19 heavy (non-hydrogen) atoms. The maximum Gasteiger partial charge on any atom is 0.116 e. The molecule has 0 unspecified atom stereocenters. The first-order valence-electron chi connectivity index (χ1n) is 6.58. The molecule has 0 amide bonds. The van der Waals surface area contributed by atoms with Crippen LogP contribution in [-0.2, 0) is 6.54 Å². The quantitative estimate of drug-likeness (QED) is 0.848. The zero-order valence-electron chi connectivity index (χ0n) is 11.0. The van der Waals surface area contributed by atoms with Crippen molar-refractivity contribution in [3.05, 3.63) is 47.9 Å². The molecule has 3 nitrogen and oxygen atoms in total. The van der Waals surface area contributed by atoms with Crippen molar-refractivity contribution in [1.82, 2.24) is 15.3 Å². The summed E-state index contributed by atoms with van der Waals surface area (Å²) in [5.41, 5.74) is 2.73. The van der Waals surface area contributed by atoms with Crippen LogP contribution in [0.4, 0.5) is 0 Å². The van der Waals surface area contributed by atoms with Gasteiger partial charge in [0.15, 0.2) is 0 Å². The zero-order chi connectivity index (χ0) is 13.1. The molecule has 4 heteroatoms. The first-order chi connectivity index (χ1) is 9.31. The Bertz CT molecular complexity index is 553. The molecule has 1 heterocycles. The van der Waals surface area contributed by atoms with Crippen LogP contribution in [0.2, 0.25) is 0 Å². The van der Waals surface area contributed by atoms with Crippen molar-refractivity contribution >= 4 is 11.8 Å². The molecule has 0 radical (unpaired) electrons. The van der Waals surface area contributed by atoms with Crippen LogP contribution in [0.1, 0.15) is 24.0 Å². The molecule has 1 fully saturated rings. The predicted octanol–water partition coefficient (Wildman–Crippen LogP) is 3.19. The lowest BCUT2D eigenvalue weighted by molar-refractivity contribution is 0.685. The lowest BCUT2D eigenvalue weighted by Crippen LogP contribution is -2.15. The third-order valence-electron chi connectivity index (χ3n) is 3.25. The zero-order valence-corrected chi connectivity index (χ0v) is 11.8. The summed E-state index contributed by atoms with van der Waals surface area (Å²) in [4.78, 5) is 9.39. The Labute approximate surface area is 117 Å². The van der Waals surface area contributed by atoms with Crippen LogP contribution in [0, 0.1) is 6.92 Å². The summed E-state index contributed by atoms with van der Waals surface area (Å²) in [6.07, 6.45) is 6.03. The van der Waals surface area contributed by atoms with E-state index in [1.165, 1.54) is 28.9 Å². The van der Waals surface area contributed by atoms with E-state index in [0.717, 1.165) is 17.6 Å². The number of aromatic nitrogens is 2. The SMILES string of the molecule is Cc1cc(Sc2ccncn2)ccc1CNC1CC1. The molecule has 0 atom stereocenters. The minimum absolute atomic E-state index is 0.759. The molecule has 1 N–H and O–H groups in total. The smallest absolute Gasteiger partial charge is 0.116 e. The van der Waals surface area contributed by atoms with E-state index >= 15 is 0 Å². The number of nitrogens with zero attached hydrogens (tertiary/aromatic N) is 2. The topological polar surface area (TPSA) is 37.8 Å². The molecule has 1 aromatic heterocycles. The Hall–Kier alpha value is -1.39. The number of aryl methyl sites for hydroxylation is 1. The highest BCUT2D eigenvalue weighted by molar-refractivity contribution is 7.99. The van der Waals surface area contributed by atoms with Crippen molar-refractivity contribution in [2.45, 2.75) is 42.3 Å². The van der Waals surface area contributed by atoms with Crippen molar-refractivity contribution < 1.29 is 0 Å². The van der Waals surface area contributed by atoms with Gasteiger partial charge >= 0.3 is 0 Å². The summed E-state index contributed by atoms with van der Waals surface area (Å²) in [6.45, 7) is 3.16. The Morgan fingerprint density at radius 2 is 2.21 bits per heavy atom. The first kappa shape index (κ1) is 12.6. The van der Waals surface area contributed by atoms with Crippen LogP contribution in [0.25, 0.3) is 0 Å². The monoisotopic (exact) mass is 271 g/mol. The van der Waals surface area contributed by atoms with Crippen molar-refractivity contribution in [2.24, 2.45) is 0 Å². The second-order valence-electron chi connectivity index (χ2n) is 4.89. The van der Waals surface area contributed by atoms with Gasteiger partial charge in [-0.05, 0) is 49.1 Å². The van der Waals surface area contributed by atoms with E-state index in [1.807, 2.05) is 6.07 Å². The summed E-state index contributed by atoms with van der Waals surface area (Å²) in [6, 6.07) is 9.31. The van der Waals surface area contributed by atoms with Crippen LogP contribution < -0.4 is 5.32 Å². The average molecular weight is 271 g/mol. The molecular formula is C15H17N3S. The van der Waals surface area contributed by atoms with E-state index in [-0.39, 0.29) is 0 Å². The molecule has 1 saturated carbocycles. The molecule has 1 aliphatic rings. The van der Waals surface area contributed by atoms with Crippen LogP contribution in [0.5, 0.6) is 0 Å². The van der Waals surface area contributed by atoms with Gasteiger partial charge in [0.1, 0.15) is 11.4 Å². The molecular weight excluding hydrogens is 254 g/mol. The Morgan fingerprint density at radius 3 is 2.89 bits per heavy atom. The van der Waals surface area contributed by atoms with Gasteiger partial charge in [-0.15, -0.1) is 0 Å². The van der Waals surface area contributed by atoms with E-state index in [2.05, 4.69) is 40.4 Å². The maximum atomic E-state index is 4.23. The van der Waals surface area contributed by atoms with Gasteiger partial charge in [-0.2, -0.15) is 0 Å². The molecule has 0 aliphatic heterocycles. The van der Waals surface area contributed by atoms with E-state index in [9.17, 15) is 0 Å². The first-order valence-corrected chi connectivity index (χ1v) is 7.40. The van der Waals surface area contributed by atoms with Crippen LogP contribution >= 0.6 is 11.8 Å². The number of benzene rings is 1. The second kappa shape index (κ2) is 5.72. The summed E-state index contributed by atoms with van der Waals surface area (Å²) >= 11 is 1.68. The van der Waals surface area contributed by atoms with Crippen molar-refractivity contribution in [2.75, 3.05) is 0 Å². The minimum atomic E-state index is 0.759. The standard InChI is InChI=1S/C15H17N3S/c1-11-8-14(19-15-6-7-16-10-18-15)5-2-12(11)9-17-13-3-4-13/h2,5-8,10,13,17H,3-4,9H2,1H3. The third-order valence-corrected chi connectivity index (χ3v) is 4.19. The van der Waals surface area contributed by atoms with Gasteiger partial charge in [0.25, 0.3) is 0 Å². The third kappa shape index (κ3) is 3.55. The lowest BCUT2D eigenvalue weighted by atomic mass is 10.1. The second-order valence-corrected chi connectivity index (χ2v) is 5.99. The van der Waals surface area contributed by atoms with E-state index in [0.29, 0.717) is 0 Å². The van der Waals surface area contributed by atoms with Crippen molar-refractivity contribution in [3.63, 3.8) is 0 Å². The number of rotatable bonds is 5. The highest BCUT2D eigenvalue weighted by Gasteiger charge is 2.20. The van der Waals surface area contributed by atoms with E-state index in [1.54, 1.807) is 24.3 Å². The Kier molecular flexibility index (Phi) is 3.80. The number of nitrogens with one attached hydrogen (secondary N) is 1. The summed E-state index contributed by atoms with van der Waals surface area (Å²) in [5, 5.41) is 4.54. The lowest BCUT2D eigenvalue weighted by Gasteiger charge is -2.09. The molecule has 98 valence electrons. The van der Waals surface area contributed by atoms with Crippen LogP contribution in [0.15, 0.2) is 46.7 Å². The molecule has 0 bridgehead atoms. The van der Waals surface area contributed by atoms with Gasteiger partial charge in [0.05, 0.1) is 0 Å². The van der Waals surface area contributed by atoms with E-state index < -0.39 is 0 Å². The molecule has 1 aromatic carbocycles. The molecule has 2 aromatic rings. The summed E-state index contributed by atoms with van der Waals surface area (Å²) < 4.78 is 0. The summed E-state index contributed by atoms with van der Waals surface area (Å²) in [5.74, 6) is 0. The Balaban J connectivity index is 1.67. The normalized spacial score (nSPS) is 14.6. The van der Waals surface area contributed by atoms with E-state index in [4.69, 9.17) is 0 Å². The van der Waals surface area contributed by atoms with Gasteiger partial charge in [0, 0.05) is 23.7 Å². The Morgan fingerprint density at radius 1 is 1.32 bits per heavy atom. The van der Waals surface area contributed by atoms with Gasteiger partial charge in [-0.3, -0.25) is 0 Å². The van der Waals surface area contributed by atoms with Crippen LogP contribution in [0.3, 0.4) is 0 Å². The fraction of sp³-hybridized carbons (Fsp3) is 0.333. The summed E-state index contributed by atoms with van der Waals surface area (Å²) in [7, 11) is 0. The van der Waals surface area contributed by atoms with Gasteiger partial charge < -0.3 is 5.32 Å². The average Bonchev–Trinajstić information content (AvgIpc) is 3.23. The number of hydrogen-bond acceptors (Lipinski definition) is 4.